The van der Waals surface area contributed by atoms with Gasteiger partial charge in [0.15, 0.2) is 0 Å². The number of methoxy groups -OCH3 is 1. The van der Waals surface area contributed by atoms with Crippen LogP contribution in [0.5, 0.6) is 0 Å². The van der Waals surface area contributed by atoms with E-state index in [1.54, 1.807) is 29.6 Å². The maximum absolute atomic E-state index is 12.5. The van der Waals surface area contributed by atoms with Gasteiger partial charge in [-0.1, -0.05) is 35.7 Å². The van der Waals surface area contributed by atoms with Gasteiger partial charge in [-0.05, 0) is 30.3 Å². The second-order valence-corrected chi connectivity index (χ2v) is 10.3. The summed E-state index contributed by atoms with van der Waals surface area (Å²) >= 11 is 3.28. The number of rotatable bonds is 7. The fourth-order valence-corrected chi connectivity index (χ4v) is 6.54. The van der Waals surface area contributed by atoms with Crippen LogP contribution in [0, 0.1) is 0 Å². The van der Waals surface area contributed by atoms with E-state index in [4.69, 9.17) is 9.47 Å². The van der Waals surface area contributed by atoms with Crippen LogP contribution in [0.25, 0.3) is 11.3 Å². The van der Waals surface area contributed by atoms with E-state index in [1.165, 1.54) is 7.11 Å². The molecule has 10 heteroatoms. The number of hydrogen-bond acceptors (Lipinski definition) is 8. The minimum atomic E-state index is -0.963. The average molecular weight is 512 g/mol. The molecule has 1 fully saturated rings. The summed E-state index contributed by atoms with van der Waals surface area (Å²) in [6, 6.07) is 14.8. The summed E-state index contributed by atoms with van der Waals surface area (Å²) in [7, 11) is 1.48. The van der Waals surface area contributed by atoms with E-state index in [9.17, 15) is 14.7 Å². The molecule has 3 N–H and O–H groups in total. The van der Waals surface area contributed by atoms with Crippen LogP contribution in [0.3, 0.4) is 0 Å². The molecule has 0 aliphatic carbocycles. The lowest BCUT2D eigenvalue weighted by molar-refractivity contribution is -0.139. The smallest absolute Gasteiger partial charge is 0.328 e. The number of pyridine rings is 1. The normalized spacial score (nSPS) is 15.7. The molecule has 1 atom stereocenters. The number of nitrogens with one attached hydrogen (secondary N) is 2. The van der Waals surface area contributed by atoms with Gasteiger partial charge in [0.1, 0.15) is 6.04 Å². The first kappa shape index (κ1) is 23.8. The average Bonchev–Trinajstić information content (AvgIpc) is 2.87. The Hall–Kier alpha value is -2.92. The minimum absolute atomic E-state index is 0.0717. The molecule has 35 heavy (non-hydrogen) atoms. The molecule has 1 unspecified atom stereocenters. The minimum Gasteiger partial charge on any atom is -0.480 e. The number of carboxylic acid groups (broad SMARTS) is 1. The van der Waals surface area contributed by atoms with E-state index in [1.807, 2.05) is 36.4 Å². The molecule has 0 spiro atoms. The van der Waals surface area contributed by atoms with Crippen molar-refractivity contribution in [3.05, 3.63) is 58.9 Å². The first-order chi connectivity index (χ1) is 17.0. The van der Waals surface area contributed by atoms with E-state index in [0.717, 1.165) is 55.3 Å². The SMILES string of the molecule is COCC(Nc1ccc2c(c1)Sc1cccc(-c3cc(N4CCOCC4)cc(=O)[nH]3)c1S2)C(=O)O. The van der Waals surface area contributed by atoms with Crippen LogP contribution in [0.4, 0.5) is 11.4 Å². The van der Waals surface area contributed by atoms with Gasteiger partial charge in [-0.15, -0.1) is 0 Å². The zero-order valence-electron chi connectivity index (χ0n) is 19.1. The molecular weight excluding hydrogens is 486 g/mol. The lowest BCUT2D eigenvalue weighted by Gasteiger charge is -2.29. The summed E-state index contributed by atoms with van der Waals surface area (Å²) in [6.07, 6.45) is 0. The molecule has 2 aromatic carbocycles. The molecule has 0 radical (unpaired) electrons. The number of hydrogen-bond donors (Lipinski definition) is 3. The van der Waals surface area contributed by atoms with Crippen molar-refractivity contribution < 1.29 is 19.4 Å². The van der Waals surface area contributed by atoms with Gasteiger partial charge < -0.3 is 29.8 Å². The monoisotopic (exact) mass is 511 g/mol. The number of H-pyrrole nitrogens is 1. The van der Waals surface area contributed by atoms with Crippen molar-refractivity contribution in [1.29, 1.82) is 0 Å². The van der Waals surface area contributed by atoms with Crippen molar-refractivity contribution in [1.82, 2.24) is 4.98 Å². The van der Waals surface area contributed by atoms with Gasteiger partial charge in [0, 0.05) is 62.8 Å². The Labute approximate surface area is 211 Å². The number of ether oxygens (including phenoxy) is 2. The number of aromatic amines is 1. The molecule has 0 bridgehead atoms. The molecule has 5 rings (SSSR count). The second kappa shape index (κ2) is 10.4. The van der Waals surface area contributed by atoms with E-state index in [0.29, 0.717) is 13.2 Å². The van der Waals surface area contributed by atoms with Crippen molar-refractivity contribution in [3.8, 4) is 11.3 Å². The van der Waals surface area contributed by atoms with Crippen molar-refractivity contribution >= 4 is 40.9 Å². The molecule has 0 amide bonds. The largest absolute Gasteiger partial charge is 0.480 e. The van der Waals surface area contributed by atoms with Gasteiger partial charge in [-0.3, -0.25) is 4.79 Å². The molecule has 3 heterocycles. The van der Waals surface area contributed by atoms with E-state index >= 15 is 0 Å². The Balaban J connectivity index is 1.44. The third-order valence-corrected chi connectivity index (χ3v) is 8.42. The van der Waals surface area contributed by atoms with Gasteiger partial charge in [0.25, 0.3) is 0 Å². The molecule has 8 nitrogen and oxygen atoms in total. The quantitative estimate of drug-likeness (QED) is 0.340. The summed E-state index contributed by atoms with van der Waals surface area (Å²) in [5.74, 6) is -0.963. The first-order valence-corrected chi connectivity index (χ1v) is 12.8. The Bertz CT molecular complexity index is 1310. The highest BCUT2D eigenvalue weighted by Gasteiger charge is 2.23. The van der Waals surface area contributed by atoms with Crippen molar-refractivity contribution in [2.45, 2.75) is 25.6 Å². The highest BCUT2D eigenvalue weighted by Crippen LogP contribution is 2.52. The summed E-state index contributed by atoms with van der Waals surface area (Å²) in [5, 5.41) is 12.4. The van der Waals surface area contributed by atoms with Crippen LogP contribution >= 0.6 is 23.5 Å². The summed E-state index contributed by atoms with van der Waals surface area (Å²) < 4.78 is 10.5. The van der Waals surface area contributed by atoms with Crippen molar-refractivity contribution in [2.75, 3.05) is 50.2 Å². The molecule has 182 valence electrons. The van der Waals surface area contributed by atoms with Crippen molar-refractivity contribution in [3.63, 3.8) is 0 Å². The van der Waals surface area contributed by atoms with Gasteiger partial charge in [-0.25, -0.2) is 4.79 Å². The Morgan fingerprint density at radius 3 is 2.74 bits per heavy atom. The predicted octanol–water partition coefficient (Wildman–Crippen LogP) is 4.01. The zero-order chi connectivity index (χ0) is 24.4. The number of fused-ring (bicyclic) bond motifs is 2. The lowest BCUT2D eigenvalue weighted by Crippen LogP contribution is -2.36. The van der Waals surface area contributed by atoms with Gasteiger partial charge in [-0.2, -0.15) is 0 Å². The Morgan fingerprint density at radius 2 is 1.97 bits per heavy atom. The lowest BCUT2D eigenvalue weighted by atomic mass is 10.1. The third kappa shape index (κ3) is 5.20. The molecule has 2 aliphatic heterocycles. The fraction of sp³-hybridized carbons (Fsp3) is 0.280. The van der Waals surface area contributed by atoms with E-state index in [2.05, 4.69) is 21.3 Å². The zero-order valence-corrected chi connectivity index (χ0v) is 20.7. The standard InChI is InChI=1S/C25H25N3O5S2/c1-32-14-19(25(30)31)26-15-5-6-20-22(11-15)34-21-4-2-3-17(24(21)35-20)18-12-16(13-23(29)27-18)28-7-9-33-10-8-28/h2-6,11-13,19,26H,7-10,14H2,1H3,(H,27,29)(H,30,31). The fourth-order valence-electron chi connectivity index (χ4n) is 4.12. The van der Waals surface area contributed by atoms with Gasteiger partial charge in [0.05, 0.1) is 25.5 Å². The van der Waals surface area contributed by atoms with E-state index in [-0.39, 0.29) is 12.2 Å². The molecule has 1 aromatic heterocycles. The number of aromatic nitrogens is 1. The number of carboxylic acids is 1. The summed E-state index contributed by atoms with van der Waals surface area (Å²) in [4.78, 5) is 33.5. The number of carbonyl (C=O) groups is 1. The molecule has 2 aliphatic rings. The Morgan fingerprint density at radius 1 is 1.14 bits per heavy atom. The second-order valence-electron chi connectivity index (χ2n) is 8.20. The van der Waals surface area contributed by atoms with Crippen LogP contribution in [0.1, 0.15) is 0 Å². The number of aliphatic carboxylic acids is 1. The number of anilines is 2. The highest BCUT2D eigenvalue weighted by atomic mass is 32.2. The highest BCUT2D eigenvalue weighted by molar-refractivity contribution is 8.05. The topological polar surface area (TPSA) is 104 Å². The van der Waals surface area contributed by atoms with Crippen LogP contribution in [-0.4, -0.2) is 62.1 Å². The first-order valence-electron chi connectivity index (χ1n) is 11.2. The van der Waals surface area contributed by atoms with Crippen LogP contribution in [0.15, 0.2) is 72.9 Å². The van der Waals surface area contributed by atoms with Gasteiger partial charge >= 0.3 is 5.97 Å². The van der Waals surface area contributed by atoms with Gasteiger partial charge in [0.2, 0.25) is 5.56 Å². The molecule has 1 saturated heterocycles. The maximum atomic E-state index is 12.5. The van der Waals surface area contributed by atoms with Crippen LogP contribution in [-0.2, 0) is 14.3 Å². The number of morpholine rings is 1. The van der Waals surface area contributed by atoms with Crippen LogP contribution in [0.2, 0.25) is 0 Å². The third-order valence-electron chi connectivity index (χ3n) is 5.82. The van der Waals surface area contributed by atoms with Crippen LogP contribution < -0.4 is 15.8 Å². The van der Waals surface area contributed by atoms with E-state index < -0.39 is 12.0 Å². The predicted molar refractivity (Wildman–Crippen MR) is 137 cm³/mol. The number of nitrogens with zero attached hydrogens (tertiary/aromatic N) is 1. The Kier molecular flexibility index (Phi) is 7.05. The maximum Gasteiger partial charge on any atom is 0.328 e. The molecule has 0 saturated carbocycles. The number of benzene rings is 2. The van der Waals surface area contributed by atoms with Crippen molar-refractivity contribution in [2.24, 2.45) is 0 Å². The summed E-state index contributed by atoms with van der Waals surface area (Å²) in [5.41, 5.74) is 3.26. The molecular formula is C25H25N3O5S2. The molecule has 3 aromatic rings. The summed E-state index contributed by atoms with van der Waals surface area (Å²) in [6.45, 7) is 2.90.